The van der Waals surface area contributed by atoms with E-state index in [0.29, 0.717) is 35.0 Å². The van der Waals surface area contributed by atoms with Crippen LogP contribution >= 0.6 is 11.6 Å². The van der Waals surface area contributed by atoms with Crippen LogP contribution in [0.4, 0.5) is 8.78 Å². The third kappa shape index (κ3) is 8.67. The summed E-state index contributed by atoms with van der Waals surface area (Å²) in [4.78, 5) is 15.8. The first-order valence-corrected chi connectivity index (χ1v) is 10.4. The van der Waals surface area contributed by atoms with Crippen molar-refractivity contribution in [2.24, 2.45) is 16.1 Å². The van der Waals surface area contributed by atoms with Gasteiger partial charge in [-0.05, 0) is 54.3 Å². The minimum absolute atomic E-state index is 0.0656. The van der Waals surface area contributed by atoms with E-state index < -0.39 is 11.6 Å². The van der Waals surface area contributed by atoms with Crippen LogP contribution in [0.15, 0.2) is 53.2 Å². The lowest BCUT2D eigenvalue weighted by Crippen LogP contribution is -2.19. The number of hydrogen-bond donors (Lipinski definition) is 2. The third-order valence-electron chi connectivity index (χ3n) is 4.26. The van der Waals surface area contributed by atoms with Crippen molar-refractivity contribution in [3.8, 4) is 5.75 Å². The van der Waals surface area contributed by atoms with Crippen LogP contribution in [0.1, 0.15) is 45.2 Å². The standard InChI is InChI=1S/C24H28ClF2N3O2/c1-15(9-22(28)30-23(31)12-24(2,3)4)29-13-17-11-18(25)6-8-21(17)32-14-16-5-7-19(26)20(27)10-16/h5-11,29H,12-14H2,1-4H3,(H2,28,30,31)/b15-9-. The van der Waals surface area contributed by atoms with Gasteiger partial charge in [-0.15, -0.1) is 0 Å². The molecule has 0 bridgehead atoms. The van der Waals surface area contributed by atoms with Crippen molar-refractivity contribution in [1.29, 1.82) is 0 Å². The molecule has 2 aromatic carbocycles. The minimum Gasteiger partial charge on any atom is -0.489 e. The van der Waals surface area contributed by atoms with Crippen molar-refractivity contribution in [2.75, 3.05) is 0 Å². The fourth-order valence-electron chi connectivity index (χ4n) is 2.79. The van der Waals surface area contributed by atoms with E-state index in [2.05, 4.69) is 10.3 Å². The Morgan fingerprint density at radius 1 is 1.19 bits per heavy atom. The number of amides is 1. The van der Waals surface area contributed by atoms with E-state index in [9.17, 15) is 13.6 Å². The number of carbonyl (C=O) groups excluding carboxylic acids is 1. The number of nitrogens with one attached hydrogen (secondary N) is 1. The van der Waals surface area contributed by atoms with Crippen LogP contribution in [0.3, 0.4) is 0 Å². The van der Waals surface area contributed by atoms with Gasteiger partial charge in [0.15, 0.2) is 11.6 Å². The molecule has 32 heavy (non-hydrogen) atoms. The van der Waals surface area contributed by atoms with E-state index in [1.807, 2.05) is 20.8 Å². The molecule has 0 saturated carbocycles. The second-order valence-corrected chi connectivity index (χ2v) is 9.07. The summed E-state index contributed by atoms with van der Waals surface area (Å²) in [5.41, 5.74) is 7.65. The summed E-state index contributed by atoms with van der Waals surface area (Å²) in [7, 11) is 0. The summed E-state index contributed by atoms with van der Waals surface area (Å²) in [6.45, 7) is 8.09. The van der Waals surface area contributed by atoms with E-state index in [0.717, 1.165) is 17.7 Å². The zero-order valence-electron chi connectivity index (χ0n) is 18.6. The maximum atomic E-state index is 13.4. The van der Waals surface area contributed by atoms with Gasteiger partial charge in [-0.25, -0.2) is 8.78 Å². The average molecular weight is 464 g/mol. The fraction of sp³-hybridized carbons (Fsp3) is 0.333. The summed E-state index contributed by atoms with van der Waals surface area (Å²) >= 11 is 6.12. The first-order chi connectivity index (χ1) is 14.9. The zero-order chi connectivity index (χ0) is 23.9. The number of benzene rings is 2. The minimum atomic E-state index is -0.926. The monoisotopic (exact) mass is 463 g/mol. The predicted octanol–water partition coefficient (Wildman–Crippen LogP) is 5.51. The molecule has 0 atom stereocenters. The molecule has 0 aliphatic heterocycles. The predicted molar refractivity (Wildman–Crippen MR) is 123 cm³/mol. The van der Waals surface area contributed by atoms with Crippen molar-refractivity contribution < 1.29 is 18.3 Å². The first-order valence-electron chi connectivity index (χ1n) is 10.1. The molecule has 1 amide bonds. The molecule has 0 unspecified atom stereocenters. The number of amidine groups is 1. The molecule has 172 valence electrons. The number of allylic oxidation sites excluding steroid dienone is 1. The van der Waals surface area contributed by atoms with Crippen molar-refractivity contribution in [1.82, 2.24) is 5.32 Å². The topological polar surface area (TPSA) is 76.7 Å². The Balaban J connectivity index is 2.04. The van der Waals surface area contributed by atoms with Gasteiger partial charge in [0.1, 0.15) is 18.2 Å². The second-order valence-electron chi connectivity index (χ2n) is 8.64. The Hall–Kier alpha value is -2.93. The number of nitrogens with zero attached hydrogens (tertiary/aromatic N) is 1. The van der Waals surface area contributed by atoms with Crippen LogP contribution in [-0.4, -0.2) is 11.7 Å². The summed E-state index contributed by atoms with van der Waals surface area (Å²) in [6.07, 6.45) is 1.88. The lowest BCUT2D eigenvalue weighted by Gasteiger charge is -2.15. The van der Waals surface area contributed by atoms with E-state index in [4.69, 9.17) is 22.1 Å². The van der Waals surface area contributed by atoms with Crippen molar-refractivity contribution in [3.63, 3.8) is 0 Å². The quantitative estimate of drug-likeness (QED) is 0.399. The Bertz CT molecular complexity index is 1030. The number of halogens is 3. The Morgan fingerprint density at radius 2 is 1.91 bits per heavy atom. The lowest BCUT2D eigenvalue weighted by molar-refractivity contribution is -0.119. The highest BCUT2D eigenvalue weighted by atomic mass is 35.5. The second kappa shape index (κ2) is 11.1. The molecule has 0 radical (unpaired) electrons. The smallest absolute Gasteiger partial charge is 0.248 e. The molecular weight excluding hydrogens is 436 g/mol. The molecule has 2 rings (SSSR count). The number of nitrogens with two attached hydrogens (primary N) is 1. The van der Waals surface area contributed by atoms with Gasteiger partial charge in [0.25, 0.3) is 0 Å². The summed E-state index contributed by atoms with van der Waals surface area (Å²) in [5.74, 6) is -1.45. The average Bonchev–Trinajstić information content (AvgIpc) is 2.66. The number of ether oxygens (including phenoxy) is 1. The van der Waals surface area contributed by atoms with Gasteiger partial charge in [-0.1, -0.05) is 38.4 Å². The maximum Gasteiger partial charge on any atom is 0.248 e. The van der Waals surface area contributed by atoms with E-state index in [1.165, 1.54) is 6.07 Å². The Morgan fingerprint density at radius 3 is 2.56 bits per heavy atom. The summed E-state index contributed by atoms with van der Waals surface area (Å²) in [5, 5.41) is 3.70. The van der Waals surface area contributed by atoms with Crippen LogP contribution in [0.5, 0.6) is 5.75 Å². The molecule has 0 fully saturated rings. The first kappa shape index (κ1) is 25.3. The molecule has 0 aliphatic carbocycles. The van der Waals surface area contributed by atoms with E-state index >= 15 is 0 Å². The van der Waals surface area contributed by atoms with Crippen LogP contribution in [0.2, 0.25) is 5.02 Å². The van der Waals surface area contributed by atoms with Crippen LogP contribution < -0.4 is 15.8 Å². The zero-order valence-corrected chi connectivity index (χ0v) is 19.4. The van der Waals surface area contributed by atoms with Crippen molar-refractivity contribution in [3.05, 3.63) is 76.0 Å². The van der Waals surface area contributed by atoms with Gasteiger partial charge >= 0.3 is 0 Å². The molecule has 0 heterocycles. The highest BCUT2D eigenvalue weighted by Crippen LogP contribution is 2.24. The normalized spacial score (nSPS) is 12.6. The van der Waals surface area contributed by atoms with Gasteiger partial charge in [0, 0.05) is 29.2 Å². The number of aliphatic imine (C=N–C) groups is 1. The van der Waals surface area contributed by atoms with Gasteiger partial charge < -0.3 is 15.8 Å². The summed E-state index contributed by atoms with van der Waals surface area (Å²) < 4.78 is 32.3. The molecule has 0 aromatic heterocycles. The highest BCUT2D eigenvalue weighted by molar-refractivity contribution is 6.30. The van der Waals surface area contributed by atoms with Gasteiger partial charge in [0.05, 0.1) is 0 Å². The Labute approximate surface area is 192 Å². The van der Waals surface area contributed by atoms with E-state index in [1.54, 1.807) is 31.2 Å². The van der Waals surface area contributed by atoms with Gasteiger partial charge in [0.2, 0.25) is 5.91 Å². The maximum absolute atomic E-state index is 13.4. The molecule has 2 aromatic rings. The lowest BCUT2D eigenvalue weighted by atomic mass is 9.92. The number of carbonyl (C=O) groups is 1. The SMILES string of the molecule is C/C(=C/C(N)=NC(=O)CC(C)(C)C)NCc1cc(Cl)ccc1OCc1ccc(F)c(F)c1. The fourth-order valence-corrected chi connectivity index (χ4v) is 2.99. The molecule has 3 N–H and O–H groups in total. The molecule has 0 spiro atoms. The molecular formula is C24H28ClF2N3O2. The van der Waals surface area contributed by atoms with Crippen molar-refractivity contribution in [2.45, 2.75) is 47.3 Å². The largest absolute Gasteiger partial charge is 0.489 e. The van der Waals surface area contributed by atoms with Crippen LogP contribution in [-0.2, 0) is 17.9 Å². The van der Waals surface area contributed by atoms with Gasteiger partial charge in [-0.2, -0.15) is 4.99 Å². The highest BCUT2D eigenvalue weighted by Gasteiger charge is 2.15. The molecule has 0 aliphatic rings. The van der Waals surface area contributed by atoms with Gasteiger partial charge in [-0.3, -0.25) is 4.79 Å². The Kier molecular flexibility index (Phi) is 8.78. The third-order valence-corrected chi connectivity index (χ3v) is 4.49. The van der Waals surface area contributed by atoms with E-state index in [-0.39, 0.29) is 23.8 Å². The van der Waals surface area contributed by atoms with Crippen LogP contribution in [0, 0.1) is 17.0 Å². The summed E-state index contributed by atoms with van der Waals surface area (Å²) in [6, 6.07) is 8.75. The number of hydrogen-bond acceptors (Lipinski definition) is 3. The van der Waals surface area contributed by atoms with Crippen LogP contribution in [0.25, 0.3) is 0 Å². The molecule has 0 saturated heterocycles. The molecule has 5 nitrogen and oxygen atoms in total. The number of rotatable bonds is 8. The van der Waals surface area contributed by atoms with Crippen molar-refractivity contribution >= 4 is 23.3 Å². The molecule has 8 heteroatoms.